The summed E-state index contributed by atoms with van der Waals surface area (Å²) >= 11 is 2.69. The average molecular weight is 308 g/mol. The van der Waals surface area contributed by atoms with Crippen LogP contribution in [0, 0.1) is 17.5 Å². The number of nitrogens with two attached hydrogens (primary N) is 1. The van der Waals surface area contributed by atoms with E-state index in [9.17, 15) is 13.2 Å². The van der Waals surface area contributed by atoms with E-state index in [0.29, 0.717) is 12.8 Å². The maximum atomic E-state index is 13.9. The summed E-state index contributed by atoms with van der Waals surface area (Å²) in [6.45, 7) is 0.213. The fourth-order valence-electron chi connectivity index (χ4n) is 2.59. The molecule has 0 saturated heterocycles. The molecule has 1 nitrogen and oxygen atoms in total. The van der Waals surface area contributed by atoms with Crippen LogP contribution in [0.3, 0.4) is 0 Å². The maximum Gasteiger partial charge on any atom is 0.176 e. The van der Waals surface area contributed by atoms with Gasteiger partial charge in [-0.3, -0.25) is 0 Å². The second kappa shape index (κ2) is 4.61. The molecule has 1 aliphatic carbocycles. The predicted molar refractivity (Wildman–Crippen MR) is 63.2 cm³/mol. The van der Waals surface area contributed by atoms with Crippen molar-refractivity contribution in [1.29, 1.82) is 0 Å². The first kappa shape index (κ1) is 12.9. The lowest BCUT2D eigenvalue weighted by Gasteiger charge is -2.28. The summed E-state index contributed by atoms with van der Waals surface area (Å²) in [6, 6.07) is 1.07. The summed E-state index contributed by atoms with van der Waals surface area (Å²) in [5.41, 5.74) is 5.16. The minimum Gasteiger partial charge on any atom is -0.330 e. The Morgan fingerprint density at radius 2 is 1.76 bits per heavy atom. The van der Waals surface area contributed by atoms with E-state index in [4.69, 9.17) is 5.73 Å². The van der Waals surface area contributed by atoms with Gasteiger partial charge in [-0.15, -0.1) is 0 Å². The van der Waals surface area contributed by atoms with Crippen molar-refractivity contribution in [3.63, 3.8) is 0 Å². The normalized spacial score (nSPS) is 18.6. The molecule has 1 aliphatic rings. The summed E-state index contributed by atoms with van der Waals surface area (Å²) < 4.78 is 40.4. The third-order valence-electron chi connectivity index (χ3n) is 3.63. The first-order chi connectivity index (χ1) is 8.02. The third-order valence-corrected chi connectivity index (χ3v) is 4.35. The number of benzene rings is 1. The summed E-state index contributed by atoms with van der Waals surface area (Å²) in [5.74, 6) is -2.93. The van der Waals surface area contributed by atoms with E-state index < -0.39 is 27.3 Å². The highest BCUT2D eigenvalue weighted by atomic mass is 79.9. The van der Waals surface area contributed by atoms with Crippen molar-refractivity contribution in [2.24, 2.45) is 5.73 Å². The van der Waals surface area contributed by atoms with Gasteiger partial charge >= 0.3 is 0 Å². The molecule has 0 heterocycles. The quantitative estimate of drug-likeness (QED) is 0.655. The molecule has 1 aromatic rings. The van der Waals surface area contributed by atoms with Crippen LogP contribution >= 0.6 is 15.9 Å². The monoisotopic (exact) mass is 307 g/mol. The largest absolute Gasteiger partial charge is 0.330 e. The molecular formula is C12H13BrF3N. The Labute approximate surface area is 106 Å². The van der Waals surface area contributed by atoms with Crippen LogP contribution < -0.4 is 5.73 Å². The average Bonchev–Trinajstić information content (AvgIpc) is 2.81. The number of hydrogen-bond acceptors (Lipinski definition) is 1. The van der Waals surface area contributed by atoms with Crippen LogP contribution in [0.15, 0.2) is 10.5 Å². The fourth-order valence-corrected chi connectivity index (χ4v) is 2.88. The van der Waals surface area contributed by atoms with Gasteiger partial charge in [-0.2, -0.15) is 0 Å². The first-order valence-electron chi connectivity index (χ1n) is 5.55. The molecule has 0 bridgehead atoms. The minimum atomic E-state index is -1.17. The fraction of sp³-hybridized carbons (Fsp3) is 0.500. The van der Waals surface area contributed by atoms with Crippen LogP contribution in [0.5, 0.6) is 0 Å². The number of halogens is 4. The van der Waals surface area contributed by atoms with Crippen molar-refractivity contribution in [2.45, 2.75) is 31.1 Å². The topological polar surface area (TPSA) is 26.0 Å². The first-order valence-corrected chi connectivity index (χ1v) is 6.35. The van der Waals surface area contributed by atoms with Crippen LogP contribution in [-0.4, -0.2) is 6.54 Å². The van der Waals surface area contributed by atoms with Gasteiger partial charge in [-0.25, -0.2) is 13.2 Å². The summed E-state index contributed by atoms with van der Waals surface area (Å²) in [6.07, 6.45) is 3.19. The third kappa shape index (κ3) is 1.99. The van der Waals surface area contributed by atoms with E-state index in [2.05, 4.69) is 15.9 Å². The second-order valence-electron chi connectivity index (χ2n) is 4.54. The van der Waals surface area contributed by atoms with Crippen LogP contribution in [-0.2, 0) is 5.41 Å². The standard InChI is InChI=1S/C12H13BrF3N/c13-9-8(14)5-7(10(15)11(9)16)12(6-17)3-1-2-4-12/h5H,1-4,6,17H2. The molecule has 0 amide bonds. The smallest absolute Gasteiger partial charge is 0.176 e. The Balaban J connectivity index is 2.59. The Morgan fingerprint density at radius 3 is 2.29 bits per heavy atom. The Morgan fingerprint density at radius 1 is 1.18 bits per heavy atom. The molecule has 2 rings (SSSR count). The lowest BCUT2D eigenvalue weighted by molar-refractivity contribution is 0.399. The highest BCUT2D eigenvalue weighted by molar-refractivity contribution is 9.10. The Hall–Kier alpha value is -0.550. The van der Waals surface area contributed by atoms with Gasteiger partial charge in [-0.1, -0.05) is 12.8 Å². The molecule has 1 fully saturated rings. The van der Waals surface area contributed by atoms with Gasteiger partial charge in [0.25, 0.3) is 0 Å². The molecule has 17 heavy (non-hydrogen) atoms. The Kier molecular flexibility index (Phi) is 3.50. The second-order valence-corrected chi connectivity index (χ2v) is 5.33. The van der Waals surface area contributed by atoms with Crippen LogP contribution in [0.25, 0.3) is 0 Å². The van der Waals surface area contributed by atoms with E-state index in [1.165, 1.54) is 0 Å². The van der Waals surface area contributed by atoms with E-state index >= 15 is 0 Å². The molecule has 0 unspecified atom stereocenters. The van der Waals surface area contributed by atoms with Gasteiger partial charge in [-0.05, 0) is 34.8 Å². The van der Waals surface area contributed by atoms with Gasteiger partial charge < -0.3 is 5.73 Å². The van der Waals surface area contributed by atoms with Crippen molar-refractivity contribution in [3.05, 3.63) is 33.6 Å². The molecule has 94 valence electrons. The molecular weight excluding hydrogens is 295 g/mol. The highest BCUT2D eigenvalue weighted by Crippen LogP contribution is 2.43. The molecule has 0 spiro atoms. The van der Waals surface area contributed by atoms with Crippen LogP contribution in [0.1, 0.15) is 31.2 Å². The van der Waals surface area contributed by atoms with E-state index in [-0.39, 0.29) is 12.1 Å². The van der Waals surface area contributed by atoms with Crippen molar-refractivity contribution in [1.82, 2.24) is 0 Å². The summed E-state index contributed by atoms with van der Waals surface area (Å²) in [5, 5.41) is 0. The van der Waals surface area contributed by atoms with Gasteiger partial charge in [0.1, 0.15) is 5.82 Å². The molecule has 0 atom stereocenters. The summed E-state index contributed by atoms with van der Waals surface area (Å²) in [4.78, 5) is 0. The predicted octanol–water partition coefficient (Wildman–Crippen LogP) is 3.64. The van der Waals surface area contributed by atoms with Crippen LogP contribution in [0.4, 0.5) is 13.2 Å². The van der Waals surface area contributed by atoms with Crippen LogP contribution in [0.2, 0.25) is 0 Å². The number of rotatable bonds is 2. The minimum absolute atomic E-state index is 0.0794. The van der Waals surface area contributed by atoms with Gasteiger partial charge in [0.15, 0.2) is 11.6 Å². The molecule has 1 aromatic carbocycles. The zero-order chi connectivity index (χ0) is 12.6. The summed E-state index contributed by atoms with van der Waals surface area (Å²) in [7, 11) is 0. The SMILES string of the molecule is NCC1(c2cc(F)c(Br)c(F)c2F)CCCC1. The molecule has 0 radical (unpaired) electrons. The molecule has 5 heteroatoms. The molecule has 0 aliphatic heterocycles. The van der Waals surface area contributed by atoms with Crippen molar-refractivity contribution in [2.75, 3.05) is 6.54 Å². The van der Waals surface area contributed by atoms with Gasteiger partial charge in [0.2, 0.25) is 0 Å². The molecule has 1 saturated carbocycles. The zero-order valence-electron chi connectivity index (χ0n) is 9.20. The highest BCUT2D eigenvalue weighted by Gasteiger charge is 2.38. The van der Waals surface area contributed by atoms with E-state index in [1.54, 1.807) is 0 Å². The molecule has 0 aromatic heterocycles. The van der Waals surface area contributed by atoms with E-state index in [1.807, 2.05) is 0 Å². The van der Waals surface area contributed by atoms with Gasteiger partial charge in [0, 0.05) is 17.5 Å². The molecule has 2 N–H and O–H groups in total. The lowest BCUT2D eigenvalue weighted by atomic mass is 9.78. The zero-order valence-corrected chi connectivity index (χ0v) is 10.8. The maximum absolute atomic E-state index is 13.9. The van der Waals surface area contributed by atoms with Gasteiger partial charge in [0.05, 0.1) is 4.47 Å². The van der Waals surface area contributed by atoms with Crippen molar-refractivity contribution in [3.8, 4) is 0 Å². The number of hydrogen-bond donors (Lipinski definition) is 1. The Bertz CT molecular complexity index is 442. The van der Waals surface area contributed by atoms with Crippen molar-refractivity contribution < 1.29 is 13.2 Å². The lowest BCUT2D eigenvalue weighted by Crippen LogP contribution is -2.33. The van der Waals surface area contributed by atoms with Crippen molar-refractivity contribution >= 4 is 15.9 Å². The van der Waals surface area contributed by atoms with E-state index in [0.717, 1.165) is 18.9 Å².